The standard InChI is InChI=1S/C16H26F3N5/c1-12(11-24-7-5-4-6-8-24)10-20-15-21-13(16(17,18)19)9-14(22-15)23(2)3/h9,12H,4-8,10-11H2,1-3H3,(H,20,21,22). The molecule has 2 rings (SSSR count). The summed E-state index contributed by atoms with van der Waals surface area (Å²) in [5.41, 5.74) is -0.924. The molecule has 1 aliphatic rings. The molecular formula is C16H26F3N5. The number of aromatic nitrogens is 2. The third-order valence-electron chi connectivity index (χ3n) is 4.09. The second-order valence-corrected chi connectivity index (χ2v) is 6.67. The van der Waals surface area contributed by atoms with Gasteiger partial charge in [0.15, 0.2) is 5.69 Å². The average molecular weight is 345 g/mol. The van der Waals surface area contributed by atoms with Crippen LogP contribution in [0.5, 0.6) is 0 Å². The number of hydrogen-bond donors (Lipinski definition) is 1. The molecule has 24 heavy (non-hydrogen) atoms. The lowest BCUT2D eigenvalue weighted by molar-refractivity contribution is -0.141. The summed E-state index contributed by atoms with van der Waals surface area (Å²) in [7, 11) is 3.32. The van der Waals surface area contributed by atoms with Crippen LogP contribution in [0.3, 0.4) is 0 Å². The van der Waals surface area contributed by atoms with E-state index in [2.05, 4.69) is 27.1 Å². The van der Waals surface area contributed by atoms with Crippen LogP contribution < -0.4 is 10.2 Å². The maximum atomic E-state index is 13.0. The van der Waals surface area contributed by atoms with Crippen molar-refractivity contribution in [1.29, 1.82) is 0 Å². The van der Waals surface area contributed by atoms with E-state index in [1.54, 1.807) is 19.0 Å². The Morgan fingerprint density at radius 1 is 1.21 bits per heavy atom. The number of anilines is 2. The number of halogens is 3. The molecule has 0 spiro atoms. The minimum absolute atomic E-state index is 0.0269. The molecule has 0 bridgehead atoms. The number of nitrogens with one attached hydrogen (secondary N) is 1. The zero-order valence-electron chi connectivity index (χ0n) is 14.5. The number of likely N-dealkylation sites (tertiary alicyclic amines) is 1. The number of hydrogen-bond acceptors (Lipinski definition) is 5. The van der Waals surface area contributed by atoms with Crippen LogP contribution in [0.25, 0.3) is 0 Å². The summed E-state index contributed by atoms with van der Waals surface area (Å²) >= 11 is 0. The lowest BCUT2D eigenvalue weighted by atomic mass is 10.1. The van der Waals surface area contributed by atoms with Crippen LogP contribution in [0, 0.1) is 5.92 Å². The topological polar surface area (TPSA) is 44.3 Å². The minimum Gasteiger partial charge on any atom is -0.363 e. The molecule has 0 amide bonds. The summed E-state index contributed by atoms with van der Waals surface area (Å²) in [6.45, 7) is 5.78. The van der Waals surface area contributed by atoms with Crippen molar-refractivity contribution in [2.24, 2.45) is 5.92 Å². The molecule has 5 nitrogen and oxygen atoms in total. The maximum absolute atomic E-state index is 13.0. The van der Waals surface area contributed by atoms with E-state index in [-0.39, 0.29) is 11.8 Å². The smallest absolute Gasteiger partial charge is 0.363 e. The molecule has 1 aromatic heterocycles. The van der Waals surface area contributed by atoms with Crippen LogP contribution in [0.4, 0.5) is 24.9 Å². The molecule has 1 aliphatic heterocycles. The molecule has 0 saturated carbocycles. The summed E-state index contributed by atoms with van der Waals surface area (Å²) < 4.78 is 38.9. The highest BCUT2D eigenvalue weighted by atomic mass is 19.4. The maximum Gasteiger partial charge on any atom is 0.433 e. The predicted octanol–water partition coefficient (Wildman–Crippen LogP) is 3.10. The zero-order chi connectivity index (χ0) is 17.7. The third kappa shape index (κ3) is 5.51. The van der Waals surface area contributed by atoms with Crippen LogP contribution in [-0.2, 0) is 6.18 Å². The quantitative estimate of drug-likeness (QED) is 0.858. The van der Waals surface area contributed by atoms with Gasteiger partial charge in [0.1, 0.15) is 5.82 Å². The average Bonchev–Trinajstić information content (AvgIpc) is 2.53. The first-order valence-corrected chi connectivity index (χ1v) is 8.35. The highest BCUT2D eigenvalue weighted by Crippen LogP contribution is 2.30. The second kappa shape index (κ2) is 8.00. The van der Waals surface area contributed by atoms with Crippen LogP contribution in [0.2, 0.25) is 0 Å². The lowest BCUT2D eigenvalue weighted by Crippen LogP contribution is -2.35. The van der Waals surface area contributed by atoms with Crippen molar-refractivity contribution in [2.75, 3.05) is 50.5 Å². The van der Waals surface area contributed by atoms with Gasteiger partial charge in [0, 0.05) is 33.3 Å². The zero-order valence-corrected chi connectivity index (χ0v) is 14.5. The molecule has 136 valence electrons. The van der Waals surface area contributed by atoms with E-state index in [4.69, 9.17) is 0 Å². The van der Waals surface area contributed by atoms with Crippen LogP contribution >= 0.6 is 0 Å². The Morgan fingerprint density at radius 2 is 1.88 bits per heavy atom. The fourth-order valence-electron chi connectivity index (χ4n) is 2.80. The minimum atomic E-state index is -4.48. The molecule has 1 saturated heterocycles. The van der Waals surface area contributed by atoms with Crippen molar-refractivity contribution in [3.63, 3.8) is 0 Å². The van der Waals surface area contributed by atoms with Gasteiger partial charge in [0.25, 0.3) is 0 Å². The molecule has 0 aliphatic carbocycles. The Morgan fingerprint density at radius 3 is 2.46 bits per heavy atom. The number of piperidine rings is 1. The van der Waals surface area contributed by atoms with Crippen molar-refractivity contribution < 1.29 is 13.2 Å². The molecule has 1 N–H and O–H groups in total. The third-order valence-corrected chi connectivity index (χ3v) is 4.09. The molecule has 1 fully saturated rings. The Balaban J connectivity index is 1.98. The van der Waals surface area contributed by atoms with E-state index in [9.17, 15) is 13.2 Å². The van der Waals surface area contributed by atoms with Crippen molar-refractivity contribution in [3.05, 3.63) is 11.8 Å². The van der Waals surface area contributed by atoms with Gasteiger partial charge in [-0.25, -0.2) is 4.98 Å². The first-order valence-electron chi connectivity index (χ1n) is 8.35. The van der Waals surface area contributed by atoms with Gasteiger partial charge in [-0.1, -0.05) is 13.3 Å². The Bertz CT molecular complexity index is 527. The van der Waals surface area contributed by atoms with Crippen LogP contribution in [-0.4, -0.2) is 55.1 Å². The van der Waals surface area contributed by atoms with E-state index < -0.39 is 11.9 Å². The first kappa shape index (κ1) is 18.8. The number of nitrogens with zero attached hydrogens (tertiary/aromatic N) is 4. The Labute approximate surface area is 141 Å². The van der Waals surface area contributed by atoms with Gasteiger partial charge in [-0.2, -0.15) is 18.2 Å². The highest BCUT2D eigenvalue weighted by molar-refractivity contribution is 5.44. The molecule has 1 unspecified atom stereocenters. The summed E-state index contributed by atoms with van der Waals surface area (Å²) in [6.07, 6.45) is -0.746. The second-order valence-electron chi connectivity index (χ2n) is 6.67. The van der Waals surface area contributed by atoms with Crippen molar-refractivity contribution >= 4 is 11.8 Å². The van der Waals surface area contributed by atoms with Crippen molar-refractivity contribution in [2.45, 2.75) is 32.4 Å². The van der Waals surface area contributed by atoms with E-state index in [1.807, 2.05) is 0 Å². The van der Waals surface area contributed by atoms with Crippen LogP contribution in [0.1, 0.15) is 31.9 Å². The van der Waals surface area contributed by atoms with Crippen molar-refractivity contribution in [3.8, 4) is 0 Å². The van der Waals surface area contributed by atoms with E-state index >= 15 is 0 Å². The highest BCUT2D eigenvalue weighted by Gasteiger charge is 2.34. The Hall–Kier alpha value is -1.57. The van der Waals surface area contributed by atoms with Gasteiger partial charge in [-0.05, 0) is 31.8 Å². The van der Waals surface area contributed by atoms with E-state index in [0.29, 0.717) is 12.5 Å². The van der Waals surface area contributed by atoms with Gasteiger partial charge < -0.3 is 15.1 Å². The number of alkyl halides is 3. The summed E-state index contributed by atoms with van der Waals surface area (Å²) in [6, 6.07) is 0.961. The Kier molecular flexibility index (Phi) is 6.26. The van der Waals surface area contributed by atoms with E-state index in [0.717, 1.165) is 25.7 Å². The largest absolute Gasteiger partial charge is 0.433 e. The molecular weight excluding hydrogens is 319 g/mol. The molecule has 2 heterocycles. The molecule has 0 aromatic carbocycles. The number of rotatable bonds is 6. The normalized spacial score (nSPS) is 17.6. The predicted molar refractivity (Wildman–Crippen MR) is 89.3 cm³/mol. The fourth-order valence-corrected chi connectivity index (χ4v) is 2.80. The molecule has 8 heteroatoms. The SMILES string of the molecule is CC(CNc1nc(N(C)C)cc(C(F)(F)F)n1)CN1CCCCC1. The molecule has 1 aromatic rings. The van der Waals surface area contributed by atoms with Crippen molar-refractivity contribution in [1.82, 2.24) is 14.9 Å². The monoisotopic (exact) mass is 345 g/mol. The lowest BCUT2D eigenvalue weighted by Gasteiger charge is -2.29. The first-order chi connectivity index (χ1) is 11.3. The summed E-state index contributed by atoms with van der Waals surface area (Å²) in [5, 5.41) is 2.97. The summed E-state index contributed by atoms with van der Waals surface area (Å²) in [4.78, 5) is 11.7. The van der Waals surface area contributed by atoms with E-state index in [1.165, 1.54) is 19.3 Å². The van der Waals surface area contributed by atoms with Gasteiger partial charge in [0.2, 0.25) is 5.95 Å². The van der Waals surface area contributed by atoms with Gasteiger partial charge >= 0.3 is 6.18 Å². The van der Waals surface area contributed by atoms with Crippen LogP contribution in [0.15, 0.2) is 6.07 Å². The summed E-state index contributed by atoms with van der Waals surface area (Å²) in [5.74, 6) is 0.576. The van der Waals surface area contributed by atoms with Gasteiger partial charge in [0.05, 0.1) is 0 Å². The fraction of sp³-hybridized carbons (Fsp3) is 0.750. The van der Waals surface area contributed by atoms with Gasteiger partial charge in [-0.3, -0.25) is 0 Å². The molecule has 1 atom stereocenters. The van der Waals surface area contributed by atoms with Gasteiger partial charge in [-0.15, -0.1) is 0 Å². The molecule has 0 radical (unpaired) electrons.